The highest BCUT2D eigenvalue weighted by molar-refractivity contribution is 5.69. The van der Waals surface area contributed by atoms with Crippen molar-refractivity contribution >= 4 is 5.97 Å². The molecule has 0 bridgehead atoms. The second kappa shape index (κ2) is 11.2. The van der Waals surface area contributed by atoms with E-state index in [-0.39, 0.29) is 5.97 Å². The molecule has 21 heavy (non-hydrogen) atoms. The molecule has 0 fully saturated rings. The third kappa shape index (κ3) is 8.38. The number of unbranched alkanes of at least 4 members (excludes halogenated alkanes) is 6. The molecule has 1 rings (SSSR count). The molecule has 0 unspecified atom stereocenters. The van der Waals surface area contributed by atoms with Crippen molar-refractivity contribution in [2.75, 3.05) is 7.11 Å². The number of esters is 1. The Kier molecular flexibility index (Phi) is 9.34. The molecule has 118 valence electrons. The molecule has 0 aromatic heterocycles. The molecule has 0 saturated heterocycles. The van der Waals surface area contributed by atoms with Crippen molar-refractivity contribution in [3.8, 4) is 5.75 Å². The normalized spacial score (nSPS) is 10.4. The van der Waals surface area contributed by atoms with Gasteiger partial charge in [0, 0.05) is 6.42 Å². The molecule has 0 amide bonds. The third-order valence-electron chi connectivity index (χ3n) is 3.54. The summed E-state index contributed by atoms with van der Waals surface area (Å²) in [5, 5.41) is 0. The predicted octanol–water partition coefficient (Wildman–Crippen LogP) is 4.88. The van der Waals surface area contributed by atoms with Gasteiger partial charge in [0.1, 0.15) is 12.4 Å². The van der Waals surface area contributed by atoms with E-state index in [0.717, 1.165) is 24.2 Å². The Labute approximate surface area is 128 Å². The van der Waals surface area contributed by atoms with Crippen LogP contribution in [0.5, 0.6) is 5.75 Å². The van der Waals surface area contributed by atoms with Crippen molar-refractivity contribution in [1.82, 2.24) is 0 Å². The van der Waals surface area contributed by atoms with E-state index in [1.165, 1.54) is 32.1 Å². The molecule has 0 atom stereocenters. The first-order chi connectivity index (χ1) is 10.3. The van der Waals surface area contributed by atoms with E-state index in [9.17, 15) is 4.79 Å². The largest absolute Gasteiger partial charge is 0.497 e. The number of ether oxygens (including phenoxy) is 2. The van der Waals surface area contributed by atoms with Gasteiger partial charge < -0.3 is 9.47 Å². The molecule has 0 spiro atoms. The van der Waals surface area contributed by atoms with Crippen LogP contribution in [0.15, 0.2) is 24.3 Å². The summed E-state index contributed by atoms with van der Waals surface area (Å²) in [6.45, 7) is 2.57. The lowest BCUT2D eigenvalue weighted by Crippen LogP contribution is -2.04. The van der Waals surface area contributed by atoms with E-state index >= 15 is 0 Å². The van der Waals surface area contributed by atoms with Gasteiger partial charge in [0.05, 0.1) is 7.11 Å². The monoisotopic (exact) mass is 292 g/mol. The van der Waals surface area contributed by atoms with Crippen molar-refractivity contribution in [3.63, 3.8) is 0 Å². The number of methoxy groups -OCH3 is 1. The van der Waals surface area contributed by atoms with Gasteiger partial charge in [-0.2, -0.15) is 0 Å². The fraction of sp³-hybridized carbons (Fsp3) is 0.611. The highest BCUT2D eigenvalue weighted by Gasteiger charge is 2.03. The summed E-state index contributed by atoms with van der Waals surface area (Å²) >= 11 is 0. The van der Waals surface area contributed by atoms with Gasteiger partial charge in [-0.1, -0.05) is 57.6 Å². The first-order valence-corrected chi connectivity index (χ1v) is 8.04. The van der Waals surface area contributed by atoms with Gasteiger partial charge in [-0.15, -0.1) is 0 Å². The van der Waals surface area contributed by atoms with E-state index in [0.29, 0.717) is 13.0 Å². The Morgan fingerprint density at radius 3 is 2.19 bits per heavy atom. The quantitative estimate of drug-likeness (QED) is 0.431. The van der Waals surface area contributed by atoms with E-state index < -0.39 is 0 Å². The Morgan fingerprint density at radius 2 is 1.57 bits per heavy atom. The summed E-state index contributed by atoms with van der Waals surface area (Å²) in [5.74, 6) is 0.715. The van der Waals surface area contributed by atoms with Crippen LogP contribution in [0.25, 0.3) is 0 Å². The van der Waals surface area contributed by atoms with Crippen LogP contribution in [-0.2, 0) is 16.1 Å². The van der Waals surface area contributed by atoms with Crippen LogP contribution in [0.1, 0.15) is 63.9 Å². The second-order valence-corrected chi connectivity index (χ2v) is 5.38. The lowest BCUT2D eigenvalue weighted by atomic mass is 10.1. The molecule has 3 heteroatoms. The molecule has 3 nitrogen and oxygen atoms in total. The van der Waals surface area contributed by atoms with Crippen molar-refractivity contribution in [3.05, 3.63) is 29.8 Å². The summed E-state index contributed by atoms with van der Waals surface area (Å²) in [6.07, 6.45) is 9.03. The number of hydrogen-bond acceptors (Lipinski definition) is 3. The zero-order valence-electron chi connectivity index (χ0n) is 13.4. The van der Waals surface area contributed by atoms with Gasteiger partial charge in [0.25, 0.3) is 0 Å². The minimum Gasteiger partial charge on any atom is -0.497 e. The van der Waals surface area contributed by atoms with Gasteiger partial charge in [0.15, 0.2) is 0 Å². The average molecular weight is 292 g/mol. The van der Waals surface area contributed by atoms with E-state index in [1.54, 1.807) is 7.11 Å². The molecule has 0 aliphatic heterocycles. The fourth-order valence-corrected chi connectivity index (χ4v) is 2.18. The van der Waals surface area contributed by atoms with Crippen molar-refractivity contribution in [2.24, 2.45) is 0 Å². The maximum Gasteiger partial charge on any atom is 0.306 e. The highest BCUT2D eigenvalue weighted by Crippen LogP contribution is 2.13. The molecule has 0 aliphatic carbocycles. The minimum absolute atomic E-state index is 0.0978. The molecule has 1 aromatic carbocycles. The summed E-state index contributed by atoms with van der Waals surface area (Å²) in [5.41, 5.74) is 0.990. The lowest BCUT2D eigenvalue weighted by Gasteiger charge is -2.06. The smallest absolute Gasteiger partial charge is 0.306 e. The van der Waals surface area contributed by atoms with Crippen LogP contribution in [0.2, 0.25) is 0 Å². The van der Waals surface area contributed by atoms with Crippen LogP contribution in [0, 0.1) is 0 Å². The van der Waals surface area contributed by atoms with Crippen LogP contribution < -0.4 is 4.74 Å². The summed E-state index contributed by atoms with van der Waals surface area (Å²) < 4.78 is 10.4. The number of carbonyl (C=O) groups is 1. The maximum absolute atomic E-state index is 11.6. The zero-order chi connectivity index (χ0) is 15.3. The second-order valence-electron chi connectivity index (χ2n) is 5.38. The van der Waals surface area contributed by atoms with Gasteiger partial charge in [-0.3, -0.25) is 4.79 Å². The van der Waals surface area contributed by atoms with Gasteiger partial charge in [-0.25, -0.2) is 0 Å². The average Bonchev–Trinajstić information content (AvgIpc) is 2.52. The summed E-state index contributed by atoms with van der Waals surface area (Å²) in [7, 11) is 1.64. The van der Waals surface area contributed by atoms with Crippen LogP contribution in [0.4, 0.5) is 0 Å². The van der Waals surface area contributed by atoms with Crippen molar-refractivity contribution in [2.45, 2.75) is 64.9 Å². The van der Waals surface area contributed by atoms with E-state index in [1.807, 2.05) is 24.3 Å². The standard InChI is InChI=1S/C18H28O3/c1-3-4-5-6-7-8-9-10-18(19)21-15-16-11-13-17(20-2)14-12-16/h11-14H,3-10,15H2,1-2H3. The minimum atomic E-state index is -0.0978. The number of carbonyl (C=O) groups excluding carboxylic acids is 1. The molecule has 0 heterocycles. The molecule has 0 saturated carbocycles. The first kappa shape index (κ1) is 17.5. The maximum atomic E-state index is 11.6. The summed E-state index contributed by atoms with van der Waals surface area (Å²) in [6, 6.07) is 7.58. The fourth-order valence-electron chi connectivity index (χ4n) is 2.18. The van der Waals surface area contributed by atoms with Crippen molar-refractivity contribution < 1.29 is 14.3 Å². The van der Waals surface area contributed by atoms with Gasteiger partial charge in [0.2, 0.25) is 0 Å². The van der Waals surface area contributed by atoms with Gasteiger partial charge >= 0.3 is 5.97 Å². The topological polar surface area (TPSA) is 35.5 Å². The van der Waals surface area contributed by atoms with Gasteiger partial charge in [-0.05, 0) is 24.1 Å². The molecule has 1 aromatic rings. The molecule has 0 aliphatic rings. The molecular formula is C18H28O3. The van der Waals surface area contributed by atoms with Crippen LogP contribution >= 0.6 is 0 Å². The SMILES string of the molecule is CCCCCCCCCC(=O)OCc1ccc(OC)cc1. The predicted molar refractivity (Wildman–Crippen MR) is 85.4 cm³/mol. The molecule has 0 radical (unpaired) electrons. The Morgan fingerprint density at radius 1 is 0.952 bits per heavy atom. The van der Waals surface area contributed by atoms with E-state index in [4.69, 9.17) is 9.47 Å². The number of hydrogen-bond donors (Lipinski definition) is 0. The van der Waals surface area contributed by atoms with Crippen LogP contribution in [-0.4, -0.2) is 13.1 Å². The first-order valence-electron chi connectivity index (χ1n) is 8.04. The van der Waals surface area contributed by atoms with E-state index in [2.05, 4.69) is 6.92 Å². The Balaban J connectivity index is 2.05. The van der Waals surface area contributed by atoms with Crippen LogP contribution in [0.3, 0.4) is 0 Å². The number of benzene rings is 1. The zero-order valence-corrected chi connectivity index (χ0v) is 13.4. The number of rotatable bonds is 11. The Hall–Kier alpha value is -1.51. The lowest BCUT2D eigenvalue weighted by molar-refractivity contribution is -0.145. The van der Waals surface area contributed by atoms with Crippen molar-refractivity contribution in [1.29, 1.82) is 0 Å². The Bertz CT molecular complexity index is 384. The summed E-state index contributed by atoms with van der Waals surface area (Å²) in [4.78, 5) is 11.6. The highest BCUT2D eigenvalue weighted by atomic mass is 16.5. The molecule has 0 N–H and O–H groups in total. The molecular weight excluding hydrogens is 264 g/mol. The third-order valence-corrected chi connectivity index (χ3v) is 3.54.